The smallest absolute Gasteiger partial charge is 0.225 e. The minimum atomic E-state index is 0.0363. The van der Waals surface area contributed by atoms with Gasteiger partial charge in [0.2, 0.25) is 5.91 Å². The normalized spacial score (nSPS) is 14.4. The number of ether oxygens (including phenoxy) is 1. The highest BCUT2D eigenvalue weighted by Gasteiger charge is 2.12. The Morgan fingerprint density at radius 3 is 2.57 bits per heavy atom. The zero-order chi connectivity index (χ0) is 19.6. The first-order valence-corrected chi connectivity index (χ1v) is 9.61. The van der Waals surface area contributed by atoms with E-state index in [9.17, 15) is 4.79 Å². The highest BCUT2D eigenvalue weighted by atomic mass is 16.5. The summed E-state index contributed by atoms with van der Waals surface area (Å²) in [5.41, 5.74) is 3.73. The SMILES string of the molecule is N#Cc1ccc(CNCc2cccc(NC(=O)CCN3CCOCC3)c2)cc1. The number of nitrogens with one attached hydrogen (secondary N) is 2. The van der Waals surface area contributed by atoms with Crippen molar-refractivity contribution in [3.05, 3.63) is 65.2 Å². The Bertz CT molecular complexity index is 808. The maximum absolute atomic E-state index is 12.2. The number of hydrogen-bond acceptors (Lipinski definition) is 5. The van der Waals surface area contributed by atoms with Gasteiger partial charge in [-0.3, -0.25) is 9.69 Å². The summed E-state index contributed by atoms with van der Waals surface area (Å²) in [5, 5.41) is 15.2. The second kappa shape index (κ2) is 10.6. The minimum Gasteiger partial charge on any atom is -0.379 e. The third-order valence-electron chi connectivity index (χ3n) is 4.71. The molecule has 1 fully saturated rings. The molecule has 1 saturated heterocycles. The fourth-order valence-corrected chi connectivity index (χ4v) is 3.12. The van der Waals surface area contributed by atoms with Crippen LogP contribution in [0, 0.1) is 11.3 Å². The van der Waals surface area contributed by atoms with Gasteiger partial charge in [0, 0.05) is 44.8 Å². The number of anilines is 1. The molecule has 28 heavy (non-hydrogen) atoms. The number of benzene rings is 2. The Labute approximate surface area is 166 Å². The number of morpholine rings is 1. The molecule has 2 N–H and O–H groups in total. The summed E-state index contributed by atoms with van der Waals surface area (Å²) in [6.07, 6.45) is 0.487. The molecule has 0 aliphatic carbocycles. The average Bonchev–Trinajstić information content (AvgIpc) is 2.74. The summed E-state index contributed by atoms with van der Waals surface area (Å²) in [4.78, 5) is 14.5. The van der Waals surface area contributed by atoms with Crippen LogP contribution >= 0.6 is 0 Å². The summed E-state index contributed by atoms with van der Waals surface area (Å²) < 4.78 is 5.33. The van der Waals surface area contributed by atoms with E-state index in [1.54, 1.807) is 0 Å². The molecule has 2 aromatic carbocycles. The maximum Gasteiger partial charge on any atom is 0.225 e. The summed E-state index contributed by atoms with van der Waals surface area (Å²) in [7, 11) is 0. The molecule has 146 valence electrons. The van der Waals surface area contributed by atoms with Crippen LogP contribution in [0.2, 0.25) is 0 Å². The third kappa shape index (κ3) is 6.46. The molecule has 0 aromatic heterocycles. The van der Waals surface area contributed by atoms with Crippen molar-refractivity contribution in [2.45, 2.75) is 19.5 Å². The number of hydrogen-bond donors (Lipinski definition) is 2. The molecule has 0 unspecified atom stereocenters. The van der Waals surface area contributed by atoms with Gasteiger partial charge in [0.25, 0.3) is 0 Å². The quantitative estimate of drug-likeness (QED) is 0.738. The van der Waals surface area contributed by atoms with Gasteiger partial charge in [-0.05, 0) is 35.4 Å². The van der Waals surface area contributed by atoms with Gasteiger partial charge in [-0.2, -0.15) is 5.26 Å². The molecule has 6 nitrogen and oxygen atoms in total. The van der Waals surface area contributed by atoms with Crippen molar-refractivity contribution in [1.82, 2.24) is 10.2 Å². The van der Waals surface area contributed by atoms with Crippen LogP contribution in [0.1, 0.15) is 23.1 Å². The lowest BCUT2D eigenvalue weighted by molar-refractivity contribution is -0.116. The van der Waals surface area contributed by atoms with Crippen molar-refractivity contribution in [1.29, 1.82) is 5.26 Å². The van der Waals surface area contributed by atoms with Crippen molar-refractivity contribution in [2.24, 2.45) is 0 Å². The van der Waals surface area contributed by atoms with Crippen LogP contribution in [0.3, 0.4) is 0 Å². The van der Waals surface area contributed by atoms with E-state index in [2.05, 4.69) is 21.6 Å². The number of rotatable bonds is 8. The van der Waals surface area contributed by atoms with Crippen LogP contribution in [-0.2, 0) is 22.6 Å². The molecule has 1 aliphatic rings. The van der Waals surface area contributed by atoms with E-state index in [0.29, 0.717) is 18.5 Å². The van der Waals surface area contributed by atoms with Crippen LogP contribution < -0.4 is 10.6 Å². The van der Waals surface area contributed by atoms with Crippen molar-refractivity contribution < 1.29 is 9.53 Å². The number of amides is 1. The summed E-state index contributed by atoms with van der Waals surface area (Å²) in [5.74, 6) is 0.0363. The third-order valence-corrected chi connectivity index (χ3v) is 4.71. The van der Waals surface area contributed by atoms with Gasteiger partial charge in [-0.15, -0.1) is 0 Å². The first-order chi connectivity index (χ1) is 13.7. The maximum atomic E-state index is 12.2. The van der Waals surface area contributed by atoms with Gasteiger partial charge in [-0.1, -0.05) is 24.3 Å². The molecule has 3 rings (SSSR count). The van der Waals surface area contributed by atoms with Gasteiger partial charge < -0.3 is 15.4 Å². The Balaban J connectivity index is 1.42. The fourth-order valence-electron chi connectivity index (χ4n) is 3.12. The molecular weight excluding hydrogens is 352 g/mol. The predicted octanol–water partition coefficient (Wildman–Crippen LogP) is 2.51. The second-order valence-corrected chi connectivity index (χ2v) is 6.86. The van der Waals surface area contributed by atoms with E-state index in [-0.39, 0.29) is 5.91 Å². The van der Waals surface area contributed by atoms with Crippen molar-refractivity contribution >= 4 is 11.6 Å². The first-order valence-electron chi connectivity index (χ1n) is 9.61. The number of carbonyl (C=O) groups is 1. The largest absolute Gasteiger partial charge is 0.379 e. The monoisotopic (exact) mass is 378 g/mol. The molecule has 0 saturated carbocycles. The molecule has 0 atom stereocenters. The Morgan fingerprint density at radius 2 is 1.82 bits per heavy atom. The van der Waals surface area contributed by atoms with Gasteiger partial charge in [0.05, 0.1) is 24.8 Å². The zero-order valence-electron chi connectivity index (χ0n) is 16.0. The van der Waals surface area contributed by atoms with Gasteiger partial charge in [-0.25, -0.2) is 0 Å². The van der Waals surface area contributed by atoms with Gasteiger partial charge in [0.15, 0.2) is 0 Å². The van der Waals surface area contributed by atoms with Crippen LogP contribution in [0.25, 0.3) is 0 Å². The topological polar surface area (TPSA) is 77.4 Å². The lowest BCUT2D eigenvalue weighted by Gasteiger charge is -2.26. The van der Waals surface area contributed by atoms with Crippen molar-refractivity contribution in [3.63, 3.8) is 0 Å². The molecule has 2 aromatic rings. The number of carbonyl (C=O) groups excluding carboxylic acids is 1. The Hall–Kier alpha value is -2.72. The molecular formula is C22H26N4O2. The summed E-state index contributed by atoms with van der Waals surface area (Å²) in [6.45, 7) is 5.49. The highest BCUT2D eigenvalue weighted by molar-refractivity contribution is 5.90. The molecule has 0 spiro atoms. The predicted molar refractivity (Wildman–Crippen MR) is 109 cm³/mol. The van der Waals surface area contributed by atoms with Crippen molar-refractivity contribution in [2.75, 3.05) is 38.2 Å². The first kappa shape index (κ1) is 20.0. The van der Waals surface area contributed by atoms with Crippen LogP contribution in [0.5, 0.6) is 0 Å². The second-order valence-electron chi connectivity index (χ2n) is 6.86. The molecule has 1 heterocycles. The fraction of sp³-hybridized carbons (Fsp3) is 0.364. The van der Waals surface area contributed by atoms with Gasteiger partial charge >= 0.3 is 0 Å². The lowest BCUT2D eigenvalue weighted by Crippen LogP contribution is -2.38. The highest BCUT2D eigenvalue weighted by Crippen LogP contribution is 2.12. The van der Waals surface area contributed by atoms with E-state index in [1.807, 2.05) is 48.5 Å². The molecule has 6 heteroatoms. The molecule has 0 bridgehead atoms. The van der Waals surface area contributed by atoms with Gasteiger partial charge in [0.1, 0.15) is 0 Å². The Kier molecular flexibility index (Phi) is 7.56. The van der Waals surface area contributed by atoms with E-state index in [1.165, 1.54) is 0 Å². The molecule has 0 radical (unpaired) electrons. The van der Waals surface area contributed by atoms with E-state index in [0.717, 1.165) is 56.2 Å². The van der Waals surface area contributed by atoms with Crippen LogP contribution in [-0.4, -0.2) is 43.7 Å². The van der Waals surface area contributed by atoms with Crippen molar-refractivity contribution in [3.8, 4) is 6.07 Å². The summed E-state index contributed by atoms with van der Waals surface area (Å²) in [6, 6.07) is 17.6. The van der Waals surface area contributed by atoms with E-state index in [4.69, 9.17) is 10.00 Å². The molecule has 1 amide bonds. The summed E-state index contributed by atoms with van der Waals surface area (Å²) >= 11 is 0. The standard InChI is InChI=1S/C22H26N4O2/c23-15-18-4-6-19(7-5-18)16-24-17-20-2-1-3-21(14-20)25-22(27)8-9-26-10-12-28-13-11-26/h1-7,14,24H,8-13,16-17H2,(H,25,27). The molecule has 1 aliphatic heterocycles. The van der Waals surface area contributed by atoms with Crippen LogP contribution in [0.4, 0.5) is 5.69 Å². The van der Waals surface area contributed by atoms with E-state index >= 15 is 0 Å². The average molecular weight is 378 g/mol. The number of nitrogens with zero attached hydrogens (tertiary/aromatic N) is 2. The van der Waals surface area contributed by atoms with E-state index < -0.39 is 0 Å². The lowest BCUT2D eigenvalue weighted by atomic mass is 10.1. The minimum absolute atomic E-state index is 0.0363. The van der Waals surface area contributed by atoms with Crippen LogP contribution in [0.15, 0.2) is 48.5 Å². The number of nitriles is 1. The Morgan fingerprint density at radius 1 is 1.07 bits per heavy atom. The zero-order valence-corrected chi connectivity index (χ0v) is 16.0.